The number of amides is 1. The van der Waals surface area contributed by atoms with Crippen molar-refractivity contribution in [1.29, 1.82) is 0 Å². The van der Waals surface area contributed by atoms with Crippen molar-refractivity contribution in [3.05, 3.63) is 0 Å². The van der Waals surface area contributed by atoms with E-state index in [1.807, 2.05) is 0 Å². The summed E-state index contributed by atoms with van der Waals surface area (Å²) in [5.74, 6) is -4.42. The van der Waals surface area contributed by atoms with Crippen LogP contribution in [0.4, 0.5) is 17.6 Å². The summed E-state index contributed by atoms with van der Waals surface area (Å²) in [7, 11) is 0. The fourth-order valence-electron chi connectivity index (χ4n) is 3.20. The molecule has 0 aromatic heterocycles. The Kier molecular flexibility index (Phi) is 9.52. The number of carbonyl (C=O) groups is 1. The average Bonchev–Trinajstić information content (AvgIpc) is 2.56. The van der Waals surface area contributed by atoms with Crippen molar-refractivity contribution in [3.8, 4) is 0 Å². The Morgan fingerprint density at radius 3 is 1.63 bits per heavy atom. The van der Waals surface area contributed by atoms with Crippen molar-refractivity contribution < 1.29 is 22.4 Å². The third kappa shape index (κ3) is 10.3. The summed E-state index contributed by atoms with van der Waals surface area (Å²) in [5.41, 5.74) is 0. The van der Waals surface area contributed by atoms with Crippen LogP contribution >= 0.6 is 0 Å². The van der Waals surface area contributed by atoms with Crippen LogP contribution in [0.2, 0.25) is 0 Å². The lowest BCUT2D eigenvalue weighted by atomic mass is 9.92. The number of halogens is 4. The van der Waals surface area contributed by atoms with Crippen LogP contribution in [0.5, 0.6) is 0 Å². The molecule has 2 saturated carbocycles. The Morgan fingerprint density at radius 1 is 0.852 bits per heavy atom. The van der Waals surface area contributed by atoms with Gasteiger partial charge in [0.25, 0.3) is 0 Å². The molecule has 2 aliphatic carbocycles. The fourth-order valence-corrected chi connectivity index (χ4v) is 3.20. The molecule has 0 aromatic rings. The summed E-state index contributed by atoms with van der Waals surface area (Å²) in [4.78, 5) is 11.3. The molecule has 0 saturated heterocycles. The lowest BCUT2D eigenvalue weighted by Gasteiger charge is -2.29. The molecule has 27 heavy (non-hydrogen) atoms. The van der Waals surface area contributed by atoms with Crippen molar-refractivity contribution in [3.63, 3.8) is 0 Å². The van der Waals surface area contributed by atoms with Crippen molar-refractivity contribution in [2.24, 2.45) is 11.8 Å². The smallest absolute Gasteiger partial charge is 0.248 e. The minimum absolute atomic E-state index is 0.0415. The minimum atomic E-state index is -2.51. The molecule has 0 unspecified atom stereocenters. The molecular weight excluding hydrogens is 360 g/mol. The fraction of sp³-hybridized carbons (Fsp3) is 0.950. The summed E-state index contributed by atoms with van der Waals surface area (Å²) < 4.78 is 51.0. The van der Waals surface area contributed by atoms with Crippen LogP contribution in [-0.2, 0) is 4.79 Å². The molecule has 2 aliphatic rings. The highest BCUT2D eigenvalue weighted by Crippen LogP contribution is 2.33. The summed E-state index contributed by atoms with van der Waals surface area (Å²) >= 11 is 0. The van der Waals surface area contributed by atoms with Gasteiger partial charge in [0.1, 0.15) is 0 Å². The summed E-state index contributed by atoms with van der Waals surface area (Å²) in [6.07, 6.45) is 1.95. The molecule has 0 aromatic carbocycles. The Bertz CT molecular complexity index is 433. The van der Waals surface area contributed by atoms with E-state index in [2.05, 4.69) is 24.5 Å². The van der Waals surface area contributed by atoms with Gasteiger partial charge in [-0.05, 0) is 38.1 Å². The third-order valence-corrected chi connectivity index (χ3v) is 5.12. The maximum absolute atomic E-state index is 12.8. The topological polar surface area (TPSA) is 41.1 Å². The Morgan fingerprint density at radius 2 is 1.26 bits per heavy atom. The van der Waals surface area contributed by atoms with E-state index < -0.39 is 11.8 Å². The Hall–Kier alpha value is -0.850. The van der Waals surface area contributed by atoms with Crippen molar-refractivity contribution in [2.45, 2.75) is 103 Å². The first-order valence-corrected chi connectivity index (χ1v) is 10.2. The number of carbonyl (C=O) groups excluding carboxylic acids is 1. The SMILES string of the molecule is CC(C)C(=O)NC1CCC(F)(F)CC1.CC(C)CNC1CCC(F)(F)CC1. The van der Waals surface area contributed by atoms with E-state index in [0.29, 0.717) is 37.6 Å². The molecule has 0 bridgehead atoms. The molecule has 0 atom stereocenters. The van der Waals surface area contributed by atoms with E-state index in [1.54, 1.807) is 13.8 Å². The molecule has 1 amide bonds. The molecule has 2 N–H and O–H groups in total. The van der Waals surface area contributed by atoms with Gasteiger partial charge in [-0.15, -0.1) is 0 Å². The van der Waals surface area contributed by atoms with Gasteiger partial charge in [0, 0.05) is 43.7 Å². The zero-order valence-electron chi connectivity index (χ0n) is 17.1. The van der Waals surface area contributed by atoms with Crippen LogP contribution in [-0.4, -0.2) is 36.4 Å². The predicted molar refractivity (Wildman–Crippen MR) is 100 cm³/mol. The first-order valence-electron chi connectivity index (χ1n) is 10.2. The Balaban J connectivity index is 0.000000271. The predicted octanol–water partition coefficient (Wildman–Crippen LogP) is 5.15. The summed E-state index contributed by atoms with van der Waals surface area (Å²) in [6, 6.07) is 0.270. The highest BCUT2D eigenvalue weighted by Gasteiger charge is 2.35. The molecule has 0 heterocycles. The van der Waals surface area contributed by atoms with E-state index in [0.717, 1.165) is 6.54 Å². The third-order valence-electron chi connectivity index (χ3n) is 5.12. The lowest BCUT2D eigenvalue weighted by molar-refractivity contribution is -0.125. The van der Waals surface area contributed by atoms with Crippen LogP contribution < -0.4 is 10.6 Å². The number of hydrogen-bond acceptors (Lipinski definition) is 2. The largest absolute Gasteiger partial charge is 0.353 e. The number of nitrogens with one attached hydrogen (secondary N) is 2. The van der Waals surface area contributed by atoms with Crippen LogP contribution in [0, 0.1) is 11.8 Å². The molecule has 0 aliphatic heterocycles. The van der Waals surface area contributed by atoms with E-state index in [-0.39, 0.29) is 43.6 Å². The zero-order chi connectivity index (χ0) is 20.7. The zero-order valence-corrected chi connectivity index (χ0v) is 17.1. The summed E-state index contributed by atoms with van der Waals surface area (Å²) in [6.45, 7) is 8.80. The second-order valence-corrected chi connectivity index (χ2v) is 8.73. The number of rotatable bonds is 5. The highest BCUT2D eigenvalue weighted by molar-refractivity contribution is 5.78. The van der Waals surface area contributed by atoms with Gasteiger partial charge in [0.05, 0.1) is 0 Å². The van der Waals surface area contributed by atoms with Crippen LogP contribution in [0.1, 0.15) is 79.1 Å². The minimum Gasteiger partial charge on any atom is -0.353 e. The second kappa shape index (κ2) is 10.6. The standard InChI is InChI=1S/C10H17F2NO.C10H19F2N/c1-7(2)9(14)13-8-3-5-10(11,12)6-4-8;1-8(2)7-13-9-3-5-10(11,12)6-4-9/h7-8H,3-6H2,1-2H3,(H,13,14);8-9,13H,3-7H2,1-2H3. The average molecular weight is 397 g/mol. The molecule has 7 heteroatoms. The second-order valence-electron chi connectivity index (χ2n) is 8.73. The van der Waals surface area contributed by atoms with Gasteiger partial charge in [0.2, 0.25) is 17.8 Å². The van der Waals surface area contributed by atoms with Crippen molar-refractivity contribution in [2.75, 3.05) is 6.54 Å². The van der Waals surface area contributed by atoms with Gasteiger partial charge >= 0.3 is 0 Å². The number of alkyl halides is 4. The van der Waals surface area contributed by atoms with E-state index in [9.17, 15) is 22.4 Å². The maximum Gasteiger partial charge on any atom is 0.248 e. The van der Waals surface area contributed by atoms with Gasteiger partial charge in [-0.1, -0.05) is 27.7 Å². The van der Waals surface area contributed by atoms with E-state index in [1.165, 1.54) is 0 Å². The van der Waals surface area contributed by atoms with Gasteiger partial charge < -0.3 is 10.6 Å². The van der Waals surface area contributed by atoms with Gasteiger partial charge in [-0.2, -0.15) is 0 Å². The van der Waals surface area contributed by atoms with Gasteiger partial charge in [-0.25, -0.2) is 17.6 Å². The van der Waals surface area contributed by atoms with Gasteiger partial charge in [0.15, 0.2) is 0 Å². The maximum atomic E-state index is 12.8. The number of hydrogen-bond donors (Lipinski definition) is 2. The molecule has 2 fully saturated rings. The van der Waals surface area contributed by atoms with E-state index >= 15 is 0 Å². The quantitative estimate of drug-likeness (QED) is 0.631. The summed E-state index contributed by atoms with van der Waals surface area (Å²) in [5, 5.41) is 6.11. The lowest BCUT2D eigenvalue weighted by Crippen LogP contribution is -2.41. The Labute approximate surface area is 161 Å². The molecule has 0 radical (unpaired) electrons. The molecular formula is C20H36F4N2O. The van der Waals surface area contributed by atoms with E-state index in [4.69, 9.17) is 0 Å². The molecule has 3 nitrogen and oxygen atoms in total. The van der Waals surface area contributed by atoms with Crippen molar-refractivity contribution >= 4 is 5.91 Å². The highest BCUT2D eigenvalue weighted by atomic mass is 19.3. The molecule has 0 spiro atoms. The monoisotopic (exact) mass is 396 g/mol. The van der Waals surface area contributed by atoms with Gasteiger partial charge in [-0.3, -0.25) is 4.79 Å². The van der Waals surface area contributed by atoms with Crippen LogP contribution in [0.25, 0.3) is 0 Å². The normalized spacial score (nSPS) is 23.0. The first kappa shape index (κ1) is 24.2. The molecule has 2 rings (SSSR count). The van der Waals surface area contributed by atoms with Crippen LogP contribution in [0.3, 0.4) is 0 Å². The van der Waals surface area contributed by atoms with Crippen molar-refractivity contribution in [1.82, 2.24) is 10.6 Å². The first-order chi connectivity index (χ1) is 12.4. The molecule has 160 valence electrons. The van der Waals surface area contributed by atoms with Crippen LogP contribution in [0.15, 0.2) is 0 Å².